The Balaban J connectivity index is 3.42. The Morgan fingerprint density at radius 3 is 1.18 bits per heavy atom. The zero-order valence-corrected chi connectivity index (χ0v) is 43.7. The number of carbonyl (C=O) groups excluding carboxylic acids is 2. The zero-order chi connectivity index (χ0) is 47.2. The number of rotatable bonds is 54. The molecule has 0 fully saturated rings. The Bertz CT molecular complexity index is 1010. The number of hydrogen-bond donors (Lipinski definition) is 3. The van der Waals surface area contributed by atoms with Gasteiger partial charge in [0.1, 0.15) is 0 Å². The number of ether oxygens (including phenoxy) is 1. The predicted octanol–water partition coefficient (Wildman–Crippen LogP) is 17.9. The number of hydrogen-bond acceptors (Lipinski definition) is 5. The van der Waals surface area contributed by atoms with Crippen LogP contribution in [0.15, 0.2) is 24.3 Å². The molecule has 0 rings (SSSR count). The predicted molar refractivity (Wildman–Crippen MR) is 283 cm³/mol. The van der Waals surface area contributed by atoms with Crippen LogP contribution in [0.3, 0.4) is 0 Å². The third-order valence-corrected chi connectivity index (χ3v) is 13.5. The molecule has 0 aliphatic rings. The number of amides is 1. The highest BCUT2D eigenvalue weighted by atomic mass is 16.5. The molecule has 0 bridgehead atoms. The van der Waals surface area contributed by atoms with Gasteiger partial charge < -0.3 is 20.3 Å². The lowest BCUT2D eigenvalue weighted by Crippen LogP contribution is -2.45. The fourth-order valence-corrected chi connectivity index (χ4v) is 9.02. The minimum atomic E-state index is -0.670. The first kappa shape index (κ1) is 63.3. The van der Waals surface area contributed by atoms with E-state index in [-0.39, 0.29) is 18.5 Å². The fourth-order valence-electron chi connectivity index (χ4n) is 9.02. The first-order chi connectivity index (χ1) is 32.0. The molecule has 384 valence electrons. The summed E-state index contributed by atoms with van der Waals surface area (Å²) in [4.78, 5) is 24.6. The molecule has 0 spiro atoms. The van der Waals surface area contributed by atoms with Crippen LogP contribution in [0.2, 0.25) is 0 Å². The van der Waals surface area contributed by atoms with Crippen LogP contribution in [0, 0.1) is 0 Å². The minimum Gasteiger partial charge on any atom is -0.466 e. The quantitative estimate of drug-likeness (QED) is 0.0321. The molecule has 0 saturated carbocycles. The van der Waals surface area contributed by atoms with Crippen molar-refractivity contribution < 1.29 is 24.5 Å². The topological polar surface area (TPSA) is 95.9 Å². The summed E-state index contributed by atoms with van der Waals surface area (Å²) in [6.45, 7) is 4.93. The number of allylic oxidation sites excluding steroid dienone is 4. The van der Waals surface area contributed by atoms with E-state index in [9.17, 15) is 19.8 Å². The van der Waals surface area contributed by atoms with Crippen molar-refractivity contribution in [2.45, 2.75) is 328 Å². The van der Waals surface area contributed by atoms with Gasteiger partial charge in [-0.1, -0.05) is 269 Å². The summed E-state index contributed by atoms with van der Waals surface area (Å²) < 4.78 is 5.48. The highest BCUT2D eigenvalue weighted by Gasteiger charge is 2.20. The summed E-state index contributed by atoms with van der Waals surface area (Å²) in [5.41, 5.74) is 0. The van der Waals surface area contributed by atoms with Gasteiger partial charge in [0.25, 0.3) is 0 Å². The minimum absolute atomic E-state index is 0.00623. The summed E-state index contributed by atoms with van der Waals surface area (Å²) in [5.74, 6) is -0.0486. The lowest BCUT2D eigenvalue weighted by molar-refractivity contribution is -0.143. The molecule has 0 aliphatic carbocycles. The molecule has 6 nitrogen and oxygen atoms in total. The van der Waals surface area contributed by atoms with Gasteiger partial charge in [0, 0.05) is 12.8 Å². The zero-order valence-electron chi connectivity index (χ0n) is 43.7. The molecule has 3 N–H and O–H groups in total. The molecule has 2 atom stereocenters. The van der Waals surface area contributed by atoms with Crippen molar-refractivity contribution in [1.29, 1.82) is 0 Å². The van der Waals surface area contributed by atoms with Crippen molar-refractivity contribution in [3.8, 4) is 0 Å². The van der Waals surface area contributed by atoms with E-state index in [4.69, 9.17) is 4.74 Å². The largest absolute Gasteiger partial charge is 0.466 e. The number of nitrogens with one attached hydrogen (secondary N) is 1. The maximum atomic E-state index is 12.5. The third-order valence-electron chi connectivity index (χ3n) is 13.5. The van der Waals surface area contributed by atoms with Crippen LogP contribution in [-0.2, 0) is 14.3 Å². The average Bonchev–Trinajstić information content (AvgIpc) is 3.31. The first-order valence-electron chi connectivity index (χ1n) is 29.1. The summed E-state index contributed by atoms with van der Waals surface area (Å²) in [5, 5.41) is 23.3. The Hall–Kier alpha value is -1.66. The molecule has 0 aromatic rings. The third kappa shape index (κ3) is 51.6. The Labute approximate surface area is 405 Å². The van der Waals surface area contributed by atoms with Crippen molar-refractivity contribution in [2.24, 2.45) is 0 Å². The summed E-state index contributed by atoms with van der Waals surface area (Å²) in [6, 6.07) is -0.548. The summed E-state index contributed by atoms with van der Waals surface area (Å²) in [6.07, 6.45) is 65.9. The van der Waals surface area contributed by atoms with Crippen molar-refractivity contribution in [1.82, 2.24) is 5.32 Å². The van der Waals surface area contributed by atoms with Crippen LogP contribution in [0.1, 0.15) is 316 Å². The Morgan fingerprint density at radius 2 is 0.769 bits per heavy atom. The van der Waals surface area contributed by atoms with Gasteiger partial charge in [-0.05, 0) is 57.8 Å². The smallest absolute Gasteiger partial charge is 0.305 e. The fraction of sp³-hybridized carbons (Fsp3) is 0.898. The standard InChI is InChI=1S/C59H113NO5/c1-3-5-7-9-11-13-15-17-19-20-21-25-29-33-37-41-45-49-53-59(64)65-54-50-46-42-38-34-30-26-22-24-28-32-36-40-44-48-52-58(63)60-56(55-61)57(62)51-47-43-39-35-31-27-23-18-16-14-12-10-8-6-4-2/h13,15,19-20,56-57,61-62H,3-12,14,16-18,21-55H2,1-2H3,(H,60,63)/b15-13-,20-19-. The van der Waals surface area contributed by atoms with Crippen molar-refractivity contribution in [2.75, 3.05) is 13.2 Å². The second-order valence-electron chi connectivity index (χ2n) is 20.0. The van der Waals surface area contributed by atoms with E-state index in [2.05, 4.69) is 43.5 Å². The van der Waals surface area contributed by atoms with Gasteiger partial charge in [-0.25, -0.2) is 0 Å². The van der Waals surface area contributed by atoms with Crippen LogP contribution in [0.5, 0.6) is 0 Å². The normalized spacial score (nSPS) is 12.7. The molecule has 6 heteroatoms. The highest BCUT2D eigenvalue weighted by molar-refractivity contribution is 5.76. The van der Waals surface area contributed by atoms with Crippen molar-refractivity contribution in [3.05, 3.63) is 24.3 Å². The van der Waals surface area contributed by atoms with Crippen molar-refractivity contribution >= 4 is 11.9 Å². The van der Waals surface area contributed by atoms with Gasteiger partial charge in [-0.3, -0.25) is 9.59 Å². The summed E-state index contributed by atoms with van der Waals surface area (Å²) in [7, 11) is 0. The molecule has 65 heavy (non-hydrogen) atoms. The van der Waals surface area contributed by atoms with E-state index >= 15 is 0 Å². The second kappa shape index (κ2) is 54.9. The van der Waals surface area contributed by atoms with E-state index in [1.54, 1.807) is 0 Å². The van der Waals surface area contributed by atoms with E-state index < -0.39 is 12.1 Å². The monoisotopic (exact) mass is 916 g/mol. The Kier molecular flexibility index (Phi) is 53.5. The lowest BCUT2D eigenvalue weighted by Gasteiger charge is -2.22. The van der Waals surface area contributed by atoms with Gasteiger partial charge in [0.2, 0.25) is 5.91 Å². The van der Waals surface area contributed by atoms with E-state index in [0.29, 0.717) is 25.9 Å². The summed E-state index contributed by atoms with van der Waals surface area (Å²) >= 11 is 0. The molecule has 0 aromatic carbocycles. The molecular formula is C59H113NO5. The second-order valence-corrected chi connectivity index (χ2v) is 20.0. The molecule has 1 amide bonds. The number of carbonyl (C=O) groups is 2. The maximum Gasteiger partial charge on any atom is 0.305 e. The Morgan fingerprint density at radius 1 is 0.431 bits per heavy atom. The first-order valence-corrected chi connectivity index (χ1v) is 29.1. The number of aliphatic hydroxyl groups is 2. The van der Waals surface area contributed by atoms with E-state index in [0.717, 1.165) is 57.8 Å². The highest BCUT2D eigenvalue weighted by Crippen LogP contribution is 2.17. The van der Waals surface area contributed by atoms with Gasteiger partial charge in [-0.2, -0.15) is 0 Å². The molecular weight excluding hydrogens is 803 g/mol. The van der Waals surface area contributed by atoms with E-state index in [1.165, 1.54) is 225 Å². The maximum absolute atomic E-state index is 12.5. The van der Waals surface area contributed by atoms with Gasteiger partial charge in [0.05, 0.1) is 25.4 Å². The van der Waals surface area contributed by atoms with Crippen molar-refractivity contribution in [3.63, 3.8) is 0 Å². The average molecular weight is 917 g/mol. The molecule has 0 radical (unpaired) electrons. The molecule has 0 saturated heterocycles. The molecule has 0 aromatic heterocycles. The number of esters is 1. The van der Waals surface area contributed by atoms with Crippen LogP contribution < -0.4 is 5.32 Å². The SMILES string of the molecule is CCCCCC/C=C\C/C=C\CCCCCCCCCC(=O)OCCCCCCCCCCCCCCCCCC(=O)NC(CO)C(O)CCCCCCCCCCCCCCCCC. The van der Waals surface area contributed by atoms with Crippen LogP contribution in [-0.4, -0.2) is 47.4 Å². The number of unbranched alkanes of at least 4 members (excludes halogenated alkanes) is 39. The lowest BCUT2D eigenvalue weighted by atomic mass is 10.0. The van der Waals surface area contributed by atoms with Crippen LogP contribution in [0.4, 0.5) is 0 Å². The van der Waals surface area contributed by atoms with Gasteiger partial charge in [0.15, 0.2) is 0 Å². The molecule has 0 heterocycles. The van der Waals surface area contributed by atoms with Gasteiger partial charge in [-0.15, -0.1) is 0 Å². The molecule has 0 aliphatic heterocycles. The molecule has 2 unspecified atom stereocenters. The van der Waals surface area contributed by atoms with Crippen LogP contribution in [0.25, 0.3) is 0 Å². The van der Waals surface area contributed by atoms with Crippen LogP contribution >= 0.6 is 0 Å². The van der Waals surface area contributed by atoms with E-state index in [1.807, 2.05) is 0 Å². The number of aliphatic hydroxyl groups excluding tert-OH is 2. The van der Waals surface area contributed by atoms with Gasteiger partial charge >= 0.3 is 5.97 Å².